The van der Waals surface area contributed by atoms with Crippen molar-refractivity contribution in [1.82, 2.24) is 0 Å². The second-order valence-electron chi connectivity index (χ2n) is 4.85. The van der Waals surface area contributed by atoms with Gasteiger partial charge in [0.15, 0.2) is 5.78 Å². The predicted molar refractivity (Wildman–Crippen MR) is 57.4 cm³/mol. The molecular formula is C13H14O2. The van der Waals surface area contributed by atoms with Crippen LogP contribution in [0, 0.1) is 19.3 Å². The first-order valence-corrected chi connectivity index (χ1v) is 5.41. The molecule has 1 heterocycles. The molecule has 1 fully saturated rings. The van der Waals surface area contributed by atoms with Gasteiger partial charge in [-0.25, -0.2) is 0 Å². The zero-order chi connectivity index (χ0) is 10.6. The molecule has 15 heavy (non-hydrogen) atoms. The topological polar surface area (TPSA) is 26.3 Å². The lowest BCUT2D eigenvalue weighted by Crippen LogP contribution is -2.30. The van der Waals surface area contributed by atoms with Gasteiger partial charge in [-0.1, -0.05) is 6.07 Å². The minimum absolute atomic E-state index is 0.146. The molecule has 1 saturated carbocycles. The third-order valence-corrected chi connectivity index (χ3v) is 3.51. The summed E-state index contributed by atoms with van der Waals surface area (Å²) in [6.45, 7) is 4.61. The lowest BCUT2D eigenvalue weighted by molar-refractivity contribution is 0.0797. The van der Waals surface area contributed by atoms with E-state index in [1.807, 2.05) is 19.9 Å². The van der Waals surface area contributed by atoms with E-state index in [1.54, 1.807) is 0 Å². The minimum atomic E-state index is -0.146. The Bertz CT molecular complexity index is 456. The summed E-state index contributed by atoms with van der Waals surface area (Å²) in [4.78, 5) is 12.3. The molecule has 1 aliphatic heterocycles. The molecule has 1 spiro atoms. The highest BCUT2D eigenvalue weighted by atomic mass is 16.5. The van der Waals surface area contributed by atoms with Crippen LogP contribution in [-0.4, -0.2) is 12.4 Å². The molecular weight excluding hydrogens is 188 g/mol. The van der Waals surface area contributed by atoms with E-state index in [1.165, 1.54) is 0 Å². The van der Waals surface area contributed by atoms with E-state index < -0.39 is 0 Å². The molecule has 0 saturated heterocycles. The Kier molecular flexibility index (Phi) is 1.57. The monoisotopic (exact) mass is 202 g/mol. The van der Waals surface area contributed by atoms with Gasteiger partial charge in [0, 0.05) is 0 Å². The van der Waals surface area contributed by atoms with Crippen LogP contribution in [-0.2, 0) is 0 Å². The number of benzene rings is 1. The highest BCUT2D eigenvalue weighted by Gasteiger charge is 2.53. The summed E-state index contributed by atoms with van der Waals surface area (Å²) in [5, 5.41) is 0. The summed E-state index contributed by atoms with van der Waals surface area (Å²) in [6, 6.07) is 4.02. The summed E-state index contributed by atoms with van der Waals surface area (Å²) in [6.07, 6.45) is 2.00. The van der Waals surface area contributed by atoms with E-state index >= 15 is 0 Å². The van der Waals surface area contributed by atoms with Gasteiger partial charge < -0.3 is 4.74 Å². The number of rotatable bonds is 0. The smallest absolute Gasteiger partial charge is 0.176 e. The fraction of sp³-hybridized carbons (Fsp3) is 0.462. The van der Waals surface area contributed by atoms with Crippen LogP contribution < -0.4 is 4.74 Å². The lowest BCUT2D eigenvalue weighted by atomic mass is 9.89. The standard InChI is InChI=1S/C13H14O2/c1-8-5-9(2)11-10(6-8)15-7-13(3-4-13)12(11)14/h5-6H,3-4,7H2,1-2H3. The molecule has 0 amide bonds. The zero-order valence-corrected chi connectivity index (χ0v) is 9.09. The molecule has 2 aliphatic rings. The van der Waals surface area contributed by atoms with Crippen molar-refractivity contribution in [1.29, 1.82) is 0 Å². The van der Waals surface area contributed by atoms with Crippen molar-refractivity contribution < 1.29 is 9.53 Å². The van der Waals surface area contributed by atoms with E-state index in [4.69, 9.17) is 4.74 Å². The van der Waals surface area contributed by atoms with E-state index in [0.29, 0.717) is 12.4 Å². The van der Waals surface area contributed by atoms with Crippen molar-refractivity contribution in [3.05, 3.63) is 28.8 Å². The van der Waals surface area contributed by atoms with Gasteiger partial charge in [0.25, 0.3) is 0 Å². The molecule has 1 aromatic carbocycles. The Hall–Kier alpha value is -1.31. The van der Waals surface area contributed by atoms with Crippen molar-refractivity contribution in [3.63, 3.8) is 0 Å². The zero-order valence-electron chi connectivity index (χ0n) is 9.09. The molecule has 1 aliphatic carbocycles. The Morgan fingerprint density at radius 3 is 2.67 bits per heavy atom. The van der Waals surface area contributed by atoms with Crippen LogP contribution in [0.3, 0.4) is 0 Å². The first-order chi connectivity index (χ1) is 7.12. The second-order valence-corrected chi connectivity index (χ2v) is 4.85. The third kappa shape index (κ3) is 1.14. The summed E-state index contributed by atoms with van der Waals surface area (Å²) < 4.78 is 5.71. The summed E-state index contributed by atoms with van der Waals surface area (Å²) >= 11 is 0. The highest BCUT2D eigenvalue weighted by Crippen LogP contribution is 2.52. The Morgan fingerprint density at radius 2 is 2.00 bits per heavy atom. The SMILES string of the molecule is Cc1cc(C)c2c(c1)OCC1(CC1)C2=O. The van der Waals surface area contributed by atoms with E-state index in [9.17, 15) is 4.79 Å². The molecule has 1 aromatic rings. The third-order valence-electron chi connectivity index (χ3n) is 3.51. The molecule has 0 N–H and O–H groups in total. The van der Waals surface area contributed by atoms with Crippen molar-refractivity contribution in [3.8, 4) is 5.75 Å². The fourth-order valence-electron chi connectivity index (χ4n) is 2.40. The molecule has 0 bridgehead atoms. The number of aryl methyl sites for hydroxylation is 2. The largest absolute Gasteiger partial charge is 0.492 e. The predicted octanol–water partition coefficient (Wildman–Crippen LogP) is 2.66. The van der Waals surface area contributed by atoms with Gasteiger partial charge in [0.2, 0.25) is 0 Å². The maximum Gasteiger partial charge on any atom is 0.176 e. The van der Waals surface area contributed by atoms with Gasteiger partial charge in [-0.3, -0.25) is 4.79 Å². The molecule has 0 atom stereocenters. The number of carbonyl (C=O) groups excluding carboxylic acids is 1. The second kappa shape index (κ2) is 2.63. The highest BCUT2D eigenvalue weighted by molar-refractivity contribution is 6.06. The van der Waals surface area contributed by atoms with E-state index in [2.05, 4.69) is 6.07 Å². The van der Waals surface area contributed by atoms with Crippen LogP contribution in [0.25, 0.3) is 0 Å². The fourth-order valence-corrected chi connectivity index (χ4v) is 2.40. The summed E-state index contributed by atoms with van der Waals surface area (Å²) in [5.74, 6) is 1.09. The average molecular weight is 202 g/mol. The van der Waals surface area contributed by atoms with Gasteiger partial charge in [0.05, 0.1) is 11.0 Å². The number of hydrogen-bond donors (Lipinski definition) is 0. The van der Waals surface area contributed by atoms with Crippen molar-refractivity contribution in [2.75, 3.05) is 6.61 Å². The average Bonchev–Trinajstić information content (AvgIpc) is 2.92. The van der Waals surface area contributed by atoms with Crippen LogP contribution in [0.15, 0.2) is 12.1 Å². The van der Waals surface area contributed by atoms with Crippen LogP contribution >= 0.6 is 0 Å². The molecule has 2 nitrogen and oxygen atoms in total. The molecule has 2 heteroatoms. The summed E-state index contributed by atoms with van der Waals surface area (Å²) in [7, 11) is 0. The number of ether oxygens (including phenoxy) is 1. The normalized spacial score (nSPS) is 21.1. The van der Waals surface area contributed by atoms with Gasteiger partial charge in [-0.05, 0) is 43.9 Å². The first-order valence-electron chi connectivity index (χ1n) is 5.41. The lowest BCUT2D eigenvalue weighted by Gasteiger charge is -2.25. The van der Waals surface area contributed by atoms with Crippen LogP contribution in [0.2, 0.25) is 0 Å². The van der Waals surface area contributed by atoms with Crippen molar-refractivity contribution in [2.45, 2.75) is 26.7 Å². The van der Waals surface area contributed by atoms with Crippen molar-refractivity contribution >= 4 is 5.78 Å². The van der Waals surface area contributed by atoms with Gasteiger partial charge in [0.1, 0.15) is 12.4 Å². The maximum atomic E-state index is 12.3. The number of fused-ring (bicyclic) bond motifs is 1. The minimum Gasteiger partial charge on any atom is -0.492 e. The molecule has 0 aromatic heterocycles. The van der Waals surface area contributed by atoms with E-state index in [-0.39, 0.29) is 5.41 Å². The molecule has 0 radical (unpaired) electrons. The molecule has 3 rings (SSSR count). The Labute approximate surface area is 89.2 Å². The number of carbonyl (C=O) groups is 1. The number of ketones is 1. The maximum absolute atomic E-state index is 12.3. The first kappa shape index (κ1) is 8.96. The van der Waals surface area contributed by atoms with Gasteiger partial charge in [-0.2, -0.15) is 0 Å². The number of Topliss-reactive ketones (excluding diaryl/α,β-unsaturated/α-hetero) is 1. The van der Waals surface area contributed by atoms with Crippen LogP contribution in [0.5, 0.6) is 5.75 Å². The number of hydrogen-bond acceptors (Lipinski definition) is 2. The van der Waals surface area contributed by atoms with Crippen LogP contribution in [0.1, 0.15) is 34.3 Å². The quantitative estimate of drug-likeness (QED) is 0.646. The van der Waals surface area contributed by atoms with Crippen molar-refractivity contribution in [2.24, 2.45) is 5.41 Å². The van der Waals surface area contributed by atoms with E-state index in [0.717, 1.165) is 35.3 Å². The van der Waals surface area contributed by atoms with Crippen LogP contribution in [0.4, 0.5) is 0 Å². The molecule has 78 valence electrons. The molecule has 0 unspecified atom stereocenters. The van der Waals surface area contributed by atoms with Gasteiger partial charge in [-0.15, -0.1) is 0 Å². The van der Waals surface area contributed by atoms with Gasteiger partial charge >= 0.3 is 0 Å². The Morgan fingerprint density at radius 1 is 1.27 bits per heavy atom. The Balaban J connectivity index is 2.18. The summed E-state index contributed by atoms with van der Waals surface area (Å²) in [5.41, 5.74) is 2.89.